The molecule has 3 aromatic rings. The van der Waals surface area contributed by atoms with Crippen LogP contribution in [0.25, 0.3) is 11.6 Å². The summed E-state index contributed by atoms with van der Waals surface area (Å²) in [5, 5.41) is 12.5. The van der Waals surface area contributed by atoms with Gasteiger partial charge in [0.25, 0.3) is 11.8 Å². The summed E-state index contributed by atoms with van der Waals surface area (Å²) in [6.45, 7) is 11.6. The topological polar surface area (TPSA) is 93.2 Å². The molecule has 0 spiro atoms. The van der Waals surface area contributed by atoms with E-state index in [1.165, 1.54) is 0 Å². The summed E-state index contributed by atoms with van der Waals surface area (Å²) in [6, 6.07) is 8.12. The van der Waals surface area contributed by atoms with Crippen molar-refractivity contribution in [3.8, 4) is 11.6 Å². The van der Waals surface area contributed by atoms with Gasteiger partial charge in [-0.05, 0) is 51.0 Å². The van der Waals surface area contributed by atoms with Gasteiger partial charge < -0.3 is 14.3 Å². The maximum Gasteiger partial charge on any atom is 0.280 e. The van der Waals surface area contributed by atoms with Crippen molar-refractivity contribution in [2.75, 3.05) is 31.1 Å². The predicted octanol–water partition coefficient (Wildman–Crippen LogP) is 3.78. The number of rotatable bonds is 7. The summed E-state index contributed by atoms with van der Waals surface area (Å²) >= 11 is 0. The molecule has 3 heterocycles. The Morgan fingerprint density at radius 3 is 2.44 bits per heavy atom. The lowest BCUT2D eigenvalue weighted by Gasteiger charge is -2.32. The van der Waals surface area contributed by atoms with E-state index >= 15 is 0 Å². The average Bonchev–Trinajstić information content (AvgIpc) is 3.50. The molecule has 0 radical (unpaired) electrons. The number of benzene rings is 1. The van der Waals surface area contributed by atoms with E-state index in [4.69, 9.17) is 4.52 Å². The average molecular weight is 438 g/mol. The van der Waals surface area contributed by atoms with Crippen molar-refractivity contribution in [3.05, 3.63) is 41.9 Å². The van der Waals surface area contributed by atoms with Crippen molar-refractivity contribution >= 4 is 11.6 Å². The molecule has 0 atom stereocenters. The van der Waals surface area contributed by atoms with Crippen molar-refractivity contribution in [3.63, 3.8) is 0 Å². The number of hydrogen-bond acceptors (Lipinski definition) is 7. The molecule has 0 aliphatic carbocycles. The number of aromatic nitrogens is 5. The van der Waals surface area contributed by atoms with E-state index in [0.717, 1.165) is 37.2 Å². The molecule has 32 heavy (non-hydrogen) atoms. The van der Waals surface area contributed by atoms with Crippen LogP contribution in [-0.4, -0.2) is 62.1 Å². The van der Waals surface area contributed by atoms with Gasteiger partial charge in [0.05, 0.1) is 12.2 Å². The number of carbonyl (C=O) groups excluding carboxylic acids is 1. The Hall–Kier alpha value is -3.23. The summed E-state index contributed by atoms with van der Waals surface area (Å²) in [4.78, 5) is 21.5. The van der Waals surface area contributed by atoms with Gasteiger partial charge in [-0.25, -0.2) is 4.68 Å². The minimum Gasteiger partial charge on any atom is -0.372 e. The summed E-state index contributed by atoms with van der Waals surface area (Å²) < 4.78 is 7.17. The van der Waals surface area contributed by atoms with Gasteiger partial charge in [-0.2, -0.15) is 4.98 Å². The van der Waals surface area contributed by atoms with Crippen LogP contribution in [0.3, 0.4) is 0 Å². The Morgan fingerprint density at radius 1 is 1.16 bits per heavy atom. The Labute approximate surface area is 188 Å². The van der Waals surface area contributed by atoms with Crippen LogP contribution in [0.5, 0.6) is 0 Å². The molecule has 0 N–H and O–H groups in total. The van der Waals surface area contributed by atoms with E-state index in [1.54, 1.807) is 0 Å². The van der Waals surface area contributed by atoms with Crippen LogP contribution in [0.15, 0.2) is 35.0 Å². The zero-order chi connectivity index (χ0) is 22.7. The third kappa shape index (κ3) is 4.51. The number of hydrogen-bond donors (Lipinski definition) is 0. The lowest BCUT2D eigenvalue weighted by molar-refractivity contribution is 0.0689. The molecule has 1 saturated heterocycles. The standard InChI is InChI=1S/C23H31N7O2/c1-5-28(6-2)18-9-7-17(8-10-18)23(31)29-13-11-19(12-14-29)30-15-20(25-27-30)22-24-21(16(3)4)26-32-22/h7-10,15-16,19H,5-6,11-14H2,1-4H3. The summed E-state index contributed by atoms with van der Waals surface area (Å²) in [5.41, 5.74) is 2.46. The first-order valence-electron chi connectivity index (χ1n) is 11.4. The van der Waals surface area contributed by atoms with Crippen molar-refractivity contribution in [1.29, 1.82) is 0 Å². The van der Waals surface area contributed by atoms with E-state index < -0.39 is 0 Å². The Morgan fingerprint density at radius 2 is 1.84 bits per heavy atom. The van der Waals surface area contributed by atoms with E-state index in [9.17, 15) is 4.79 Å². The van der Waals surface area contributed by atoms with Gasteiger partial charge in [0.2, 0.25) is 0 Å². The SMILES string of the molecule is CCN(CC)c1ccc(C(=O)N2CCC(n3cc(-c4nc(C(C)C)no4)nn3)CC2)cc1. The molecular formula is C23H31N7O2. The van der Waals surface area contributed by atoms with E-state index in [0.29, 0.717) is 30.5 Å². The first-order chi connectivity index (χ1) is 15.5. The lowest BCUT2D eigenvalue weighted by atomic mass is 10.0. The summed E-state index contributed by atoms with van der Waals surface area (Å²) in [5.74, 6) is 1.32. The Bertz CT molecular complexity index is 1030. The van der Waals surface area contributed by atoms with Gasteiger partial charge in [-0.1, -0.05) is 24.2 Å². The first kappa shape index (κ1) is 22.0. The molecule has 1 aromatic carbocycles. The summed E-state index contributed by atoms with van der Waals surface area (Å²) in [6.07, 6.45) is 3.51. The summed E-state index contributed by atoms with van der Waals surface area (Å²) in [7, 11) is 0. The zero-order valence-corrected chi connectivity index (χ0v) is 19.2. The number of piperidine rings is 1. The highest BCUT2D eigenvalue weighted by molar-refractivity contribution is 5.94. The fraction of sp³-hybridized carbons (Fsp3) is 0.522. The van der Waals surface area contributed by atoms with Crippen molar-refractivity contribution < 1.29 is 9.32 Å². The molecule has 9 heteroatoms. The maximum atomic E-state index is 13.0. The highest BCUT2D eigenvalue weighted by Gasteiger charge is 2.26. The van der Waals surface area contributed by atoms with Crippen molar-refractivity contribution in [1.82, 2.24) is 30.0 Å². The van der Waals surface area contributed by atoms with Gasteiger partial charge >= 0.3 is 0 Å². The fourth-order valence-corrected chi connectivity index (χ4v) is 4.05. The fourth-order valence-electron chi connectivity index (χ4n) is 4.05. The van der Waals surface area contributed by atoms with Crippen molar-refractivity contribution in [2.24, 2.45) is 0 Å². The monoisotopic (exact) mass is 437 g/mol. The normalized spacial score (nSPS) is 14.8. The van der Waals surface area contributed by atoms with E-state index in [2.05, 4.69) is 39.2 Å². The third-order valence-electron chi connectivity index (χ3n) is 6.06. The molecule has 1 aliphatic heterocycles. The van der Waals surface area contributed by atoms with Crippen LogP contribution < -0.4 is 4.90 Å². The van der Waals surface area contributed by atoms with Gasteiger partial charge in [0.1, 0.15) is 0 Å². The lowest BCUT2D eigenvalue weighted by Crippen LogP contribution is -2.39. The molecule has 4 rings (SSSR count). The van der Waals surface area contributed by atoms with Crippen LogP contribution in [0.1, 0.15) is 68.7 Å². The number of carbonyl (C=O) groups is 1. The minimum absolute atomic E-state index is 0.0842. The second-order valence-electron chi connectivity index (χ2n) is 8.44. The van der Waals surface area contributed by atoms with Gasteiger partial charge in [0.15, 0.2) is 11.5 Å². The third-order valence-corrected chi connectivity index (χ3v) is 6.06. The van der Waals surface area contributed by atoms with Gasteiger partial charge in [-0.3, -0.25) is 4.79 Å². The molecule has 0 unspecified atom stereocenters. The molecule has 0 saturated carbocycles. The first-order valence-corrected chi connectivity index (χ1v) is 11.4. The smallest absolute Gasteiger partial charge is 0.280 e. The molecule has 0 bridgehead atoms. The van der Waals surface area contributed by atoms with Crippen LogP contribution >= 0.6 is 0 Å². The van der Waals surface area contributed by atoms with Crippen LogP contribution in [-0.2, 0) is 0 Å². The highest BCUT2D eigenvalue weighted by atomic mass is 16.5. The largest absolute Gasteiger partial charge is 0.372 e. The number of likely N-dealkylation sites (tertiary alicyclic amines) is 1. The molecule has 170 valence electrons. The maximum absolute atomic E-state index is 13.0. The minimum atomic E-state index is 0.0842. The van der Waals surface area contributed by atoms with Crippen LogP contribution in [0.2, 0.25) is 0 Å². The Kier molecular flexibility index (Phi) is 6.53. The van der Waals surface area contributed by atoms with Crippen LogP contribution in [0.4, 0.5) is 5.69 Å². The number of amides is 1. The molecule has 1 fully saturated rings. The second kappa shape index (κ2) is 9.50. The molecular weight excluding hydrogens is 406 g/mol. The van der Waals surface area contributed by atoms with E-state index in [1.807, 2.05) is 53.9 Å². The molecule has 9 nitrogen and oxygen atoms in total. The molecule has 1 amide bonds. The predicted molar refractivity (Wildman–Crippen MR) is 122 cm³/mol. The van der Waals surface area contributed by atoms with E-state index in [-0.39, 0.29) is 17.9 Å². The Balaban J connectivity index is 1.36. The number of nitrogens with zero attached hydrogens (tertiary/aromatic N) is 7. The molecule has 2 aromatic heterocycles. The quantitative estimate of drug-likeness (QED) is 0.555. The van der Waals surface area contributed by atoms with Gasteiger partial charge in [0, 0.05) is 43.3 Å². The van der Waals surface area contributed by atoms with Gasteiger partial charge in [-0.15, -0.1) is 5.10 Å². The highest BCUT2D eigenvalue weighted by Crippen LogP contribution is 2.25. The zero-order valence-electron chi connectivity index (χ0n) is 19.2. The van der Waals surface area contributed by atoms with Crippen LogP contribution in [0, 0.1) is 0 Å². The molecule has 1 aliphatic rings. The van der Waals surface area contributed by atoms with Crippen molar-refractivity contribution in [2.45, 2.75) is 52.5 Å². The second-order valence-corrected chi connectivity index (χ2v) is 8.44. The number of anilines is 1.